The highest BCUT2D eigenvalue weighted by Gasteiger charge is 2.32. The van der Waals surface area contributed by atoms with Gasteiger partial charge in [-0.25, -0.2) is 4.68 Å². The van der Waals surface area contributed by atoms with Crippen LogP contribution in [0.1, 0.15) is 52.1 Å². The minimum atomic E-state index is -0.973. The van der Waals surface area contributed by atoms with Crippen LogP contribution in [0.2, 0.25) is 0 Å². The van der Waals surface area contributed by atoms with Crippen LogP contribution in [0.3, 0.4) is 0 Å². The summed E-state index contributed by atoms with van der Waals surface area (Å²) >= 11 is 0. The molecule has 1 aromatic rings. The number of hydrogen-bond donors (Lipinski definition) is 2. The number of aliphatic carboxylic acids is 1. The molecule has 1 aromatic heterocycles. The maximum Gasteiger partial charge on any atom is 0.325 e. The Kier molecular flexibility index (Phi) is 5.38. The van der Waals surface area contributed by atoms with Crippen molar-refractivity contribution in [2.75, 3.05) is 0 Å². The Labute approximate surface area is 136 Å². The molecule has 1 aliphatic rings. The maximum absolute atomic E-state index is 12.1. The molecule has 0 saturated heterocycles. The molecule has 0 aliphatic heterocycles. The quantitative estimate of drug-likeness (QED) is 0.833. The van der Waals surface area contributed by atoms with Crippen LogP contribution in [-0.4, -0.2) is 32.0 Å². The molecule has 1 aliphatic carbocycles. The van der Waals surface area contributed by atoms with Crippen molar-refractivity contribution in [2.45, 2.75) is 59.5 Å². The summed E-state index contributed by atoms with van der Waals surface area (Å²) in [6.45, 7) is 6.86. The zero-order chi connectivity index (χ0) is 17.0. The number of nitrogens with zero attached hydrogens (tertiary/aromatic N) is 3. The fourth-order valence-electron chi connectivity index (χ4n) is 3.86. The van der Waals surface area contributed by atoms with Gasteiger partial charge in [-0.2, -0.15) is 0 Å². The van der Waals surface area contributed by atoms with Gasteiger partial charge >= 0.3 is 5.97 Å². The smallest absolute Gasteiger partial charge is 0.325 e. The molecular formula is C16H26N4O3. The number of rotatable bonds is 6. The van der Waals surface area contributed by atoms with E-state index < -0.39 is 5.97 Å². The number of carbonyl (C=O) groups is 2. The van der Waals surface area contributed by atoms with Crippen LogP contribution in [-0.2, 0) is 22.7 Å². The van der Waals surface area contributed by atoms with Crippen molar-refractivity contribution in [3.8, 4) is 0 Å². The standard InChI is InChI=1S/C16H26N4O3/c1-11-4-12(7-16(2,3)6-11)5-14(21)17-8-13-9-20(19-18-13)10-15(22)23/h9,11-12H,4-8,10H2,1-3H3,(H,17,21)(H,22,23). The normalized spacial score (nSPS) is 23.4. The molecule has 2 unspecified atom stereocenters. The lowest BCUT2D eigenvalue weighted by atomic mass is 9.67. The van der Waals surface area contributed by atoms with Gasteiger partial charge in [0.2, 0.25) is 5.91 Å². The number of carbonyl (C=O) groups excluding carboxylic acids is 1. The topological polar surface area (TPSA) is 97.1 Å². The first-order valence-corrected chi connectivity index (χ1v) is 8.11. The minimum Gasteiger partial charge on any atom is -0.480 e. The first kappa shape index (κ1) is 17.4. The van der Waals surface area contributed by atoms with E-state index >= 15 is 0 Å². The van der Waals surface area contributed by atoms with E-state index in [0.29, 0.717) is 29.4 Å². The molecule has 1 heterocycles. The Morgan fingerprint density at radius 1 is 1.43 bits per heavy atom. The van der Waals surface area contributed by atoms with Crippen LogP contribution in [0, 0.1) is 17.3 Å². The molecule has 2 rings (SSSR count). The van der Waals surface area contributed by atoms with Crippen molar-refractivity contribution in [3.63, 3.8) is 0 Å². The van der Waals surface area contributed by atoms with E-state index in [1.807, 2.05) is 0 Å². The van der Waals surface area contributed by atoms with Crippen LogP contribution in [0.4, 0.5) is 0 Å². The molecule has 7 nitrogen and oxygen atoms in total. The Bertz CT molecular complexity index is 567. The Morgan fingerprint density at radius 2 is 2.17 bits per heavy atom. The largest absolute Gasteiger partial charge is 0.480 e. The van der Waals surface area contributed by atoms with Gasteiger partial charge in [0.15, 0.2) is 0 Å². The SMILES string of the molecule is CC1CC(CC(=O)NCc2cn(CC(=O)O)nn2)CC(C)(C)C1. The zero-order valence-corrected chi connectivity index (χ0v) is 14.1. The molecule has 1 fully saturated rings. The van der Waals surface area contributed by atoms with Crippen molar-refractivity contribution in [2.24, 2.45) is 17.3 Å². The summed E-state index contributed by atoms with van der Waals surface area (Å²) in [6, 6.07) is 0. The summed E-state index contributed by atoms with van der Waals surface area (Å²) in [7, 11) is 0. The molecule has 1 saturated carbocycles. The van der Waals surface area contributed by atoms with Crippen molar-refractivity contribution >= 4 is 11.9 Å². The monoisotopic (exact) mass is 322 g/mol. The zero-order valence-electron chi connectivity index (χ0n) is 14.1. The summed E-state index contributed by atoms with van der Waals surface area (Å²) in [4.78, 5) is 22.7. The average molecular weight is 322 g/mol. The van der Waals surface area contributed by atoms with Gasteiger partial charge in [-0.3, -0.25) is 9.59 Å². The predicted octanol–water partition coefficient (Wildman–Crippen LogP) is 1.83. The van der Waals surface area contributed by atoms with Gasteiger partial charge in [0.1, 0.15) is 12.2 Å². The molecule has 0 bridgehead atoms. The summed E-state index contributed by atoms with van der Waals surface area (Å²) in [5.74, 6) is 0.135. The molecule has 0 radical (unpaired) electrons. The lowest BCUT2D eigenvalue weighted by Crippen LogP contribution is -2.32. The van der Waals surface area contributed by atoms with Crippen molar-refractivity contribution in [1.29, 1.82) is 0 Å². The minimum absolute atomic E-state index is 0.0210. The van der Waals surface area contributed by atoms with Crippen molar-refractivity contribution in [1.82, 2.24) is 20.3 Å². The van der Waals surface area contributed by atoms with E-state index in [9.17, 15) is 9.59 Å². The highest BCUT2D eigenvalue weighted by atomic mass is 16.4. The number of amides is 1. The second kappa shape index (κ2) is 7.10. The summed E-state index contributed by atoms with van der Waals surface area (Å²) < 4.78 is 1.25. The molecule has 0 spiro atoms. The third kappa shape index (κ3) is 5.65. The van der Waals surface area contributed by atoms with Crippen molar-refractivity contribution < 1.29 is 14.7 Å². The van der Waals surface area contributed by atoms with Crippen LogP contribution < -0.4 is 5.32 Å². The summed E-state index contributed by atoms with van der Waals surface area (Å²) in [5.41, 5.74) is 0.874. The lowest BCUT2D eigenvalue weighted by molar-refractivity contribution is -0.138. The molecule has 23 heavy (non-hydrogen) atoms. The van der Waals surface area contributed by atoms with E-state index in [-0.39, 0.29) is 19.0 Å². The first-order valence-electron chi connectivity index (χ1n) is 8.11. The fraction of sp³-hybridized carbons (Fsp3) is 0.750. The molecule has 2 N–H and O–H groups in total. The lowest BCUT2D eigenvalue weighted by Gasteiger charge is -2.38. The van der Waals surface area contributed by atoms with Gasteiger partial charge in [0.25, 0.3) is 0 Å². The predicted molar refractivity (Wildman–Crippen MR) is 84.4 cm³/mol. The van der Waals surface area contributed by atoms with E-state index in [1.165, 1.54) is 11.1 Å². The Hall–Kier alpha value is -1.92. The van der Waals surface area contributed by atoms with Crippen LogP contribution in [0.25, 0.3) is 0 Å². The second-order valence-electron chi connectivity index (χ2n) is 7.56. The second-order valence-corrected chi connectivity index (χ2v) is 7.56. The number of aromatic nitrogens is 3. The summed E-state index contributed by atoms with van der Waals surface area (Å²) in [6.07, 6.45) is 5.49. The number of carboxylic acids is 1. The van der Waals surface area contributed by atoms with E-state index in [2.05, 4.69) is 36.4 Å². The third-order valence-corrected chi connectivity index (χ3v) is 4.30. The van der Waals surface area contributed by atoms with Crippen LogP contribution in [0.15, 0.2) is 6.20 Å². The van der Waals surface area contributed by atoms with Crippen LogP contribution >= 0.6 is 0 Å². The highest BCUT2D eigenvalue weighted by Crippen LogP contribution is 2.42. The number of nitrogens with one attached hydrogen (secondary N) is 1. The molecule has 7 heteroatoms. The number of hydrogen-bond acceptors (Lipinski definition) is 4. The molecular weight excluding hydrogens is 296 g/mol. The van der Waals surface area contributed by atoms with Gasteiger partial charge in [0, 0.05) is 6.42 Å². The Balaban J connectivity index is 1.78. The third-order valence-electron chi connectivity index (χ3n) is 4.30. The van der Waals surface area contributed by atoms with Gasteiger partial charge in [-0.1, -0.05) is 26.0 Å². The average Bonchev–Trinajstić information content (AvgIpc) is 2.80. The molecule has 128 valence electrons. The van der Waals surface area contributed by atoms with Gasteiger partial charge < -0.3 is 10.4 Å². The molecule has 2 atom stereocenters. The van der Waals surface area contributed by atoms with Gasteiger partial charge in [0.05, 0.1) is 12.7 Å². The fourth-order valence-corrected chi connectivity index (χ4v) is 3.86. The Morgan fingerprint density at radius 3 is 2.83 bits per heavy atom. The van der Waals surface area contributed by atoms with Crippen LogP contribution in [0.5, 0.6) is 0 Å². The first-order chi connectivity index (χ1) is 10.7. The van der Waals surface area contributed by atoms with Crippen molar-refractivity contribution in [3.05, 3.63) is 11.9 Å². The van der Waals surface area contributed by atoms with Gasteiger partial charge in [-0.05, 0) is 36.5 Å². The number of carboxylic acid groups (broad SMARTS) is 1. The maximum atomic E-state index is 12.1. The van der Waals surface area contributed by atoms with E-state index in [1.54, 1.807) is 6.20 Å². The highest BCUT2D eigenvalue weighted by molar-refractivity contribution is 5.76. The van der Waals surface area contributed by atoms with Gasteiger partial charge in [-0.15, -0.1) is 5.10 Å². The van der Waals surface area contributed by atoms with E-state index in [4.69, 9.17) is 5.11 Å². The van der Waals surface area contributed by atoms with E-state index in [0.717, 1.165) is 12.8 Å². The molecule has 1 amide bonds. The summed E-state index contributed by atoms with van der Waals surface area (Å²) in [5, 5.41) is 19.1. The molecule has 0 aromatic carbocycles.